The monoisotopic (exact) mass is 377 g/mol. The molecule has 1 fully saturated rings. The second kappa shape index (κ2) is 6.44. The Labute approximate surface area is 154 Å². The lowest BCUT2D eigenvalue weighted by Gasteiger charge is -2.47. The normalized spacial score (nSPS) is 22.2. The maximum absolute atomic E-state index is 12.9. The summed E-state index contributed by atoms with van der Waals surface area (Å²) in [6.45, 7) is 1.11. The van der Waals surface area contributed by atoms with E-state index in [1.165, 1.54) is 12.1 Å². The Morgan fingerprint density at radius 3 is 2.59 bits per heavy atom. The van der Waals surface area contributed by atoms with E-state index in [0.29, 0.717) is 31.6 Å². The number of aliphatic carboxylic acids is 1. The minimum absolute atomic E-state index is 0.0513. The van der Waals surface area contributed by atoms with Gasteiger partial charge in [-0.25, -0.2) is 4.98 Å². The second-order valence-corrected chi connectivity index (χ2v) is 6.91. The van der Waals surface area contributed by atoms with Crippen LogP contribution in [0.3, 0.4) is 0 Å². The highest BCUT2D eigenvalue weighted by Gasteiger charge is 2.39. The van der Waals surface area contributed by atoms with Gasteiger partial charge in [0.1, 0.15) is 0 Å². The molecule has 1 aromatic heterocycles. The predicted octanol–water partition coefficient (Wildman–Crippen LogP) is 3.92. The van der Waals surface area contributed by atoms with Crippen molar-refractivity contribution >= 4 is 23.2 Å². The molecule has 0 aliphatic carbocycles. The zero-order valence-corrected chi connectivity index (χ0v) is 14.4. The van der Waals surface area contributed by atoms with Crippen LogP contribution in [-0.2, 0) is 11.0 Å². The summed E-state index contributed by atoms with van der Waals surface area (Å²) in [7, 11) is 0. The van der Waals surface area contributed by atoms with Crippen LogP contribution < -0.4 is 9.80 Å². The SMILES string of the molecule is O=C(O)[C@@H]1CCN2c3ncccc3N(c3ccc(C(F)(F)F)cc3)C[C@@H]2C1. The smallest absolute Gasteiger partial charge is 0.416 e. The number of hydrogen-bond acceptors (Lipinski definition) is 4. The maximum atomic E-state index is 12.9. The van der Waals surface area contributed by atoms with Crippen molar-refractivity contribution in [3.8, 4) is 0 Å². The lowest BCUT2D eigenvalue weighted by atomic mass is 9.89. The molecule has 3 heterocycles. The number of halogens is 3. The van der Waals surface area contributed by atoms with E-state index in [1.807, 2.05) is 11.0 Å². The highest BCUT2D eigenvalue weighted by molar-refractivity contribution is 5.78. The van der Waals surface area contributed by atoms with Gasteiger partial charge in [0.2, 0.25) is 0 Å². The van der Waals surface area contributed by atoms with Crippen LogP contribution in [-0.4, -0.2) is 35.2 Å². The number of piperidine rings is 1. The summed E-state index contributed by atoms with van der Waals surface area (Å²) in [6, 6.07) is 8.67. The van der Waals surface area contributed by atoms with Crippen LogP contribution in [0.25, 0.3) is 0 Å². The van der Waals surface area contributed by atoms with E-state index in [9.17, 15) is 23.1 Å². The highest BCUT2D eigenvalue weighted by atomic mass is 19.4. The standard InChI is InChI=1S/C19H18F3N3O2/c20-19(21,22)13-3-5-14(6-4-13)25-11-15-10-12(18(26)27)7-9-24(15)17-16(25)2-1-8-23-17/h1-6,8,12,15H,7,9-11H2,(H,26,27)/t12-,15+/m1/s1. The summed E-state index contributed by atoms with van der Waals surface area (Å²) in [5.74, 6) is -0.467. The number of carboxylic acid groups (broad SMARTS) is 1. The van der Waals surface area contributed by atoms with Crippen molar-refractivity contribution in [2.75, 3.05) is 22.9 Å². The first-order valence-corrected chi connectivity index (χ1v) is 8.74. The zero-order chi connectivity index (χ0) is 19.2. The van der Waals surface area contributed by atoms with Crippen molar-refractivity contribution in [3.05, 3.63) is 48.2 Å². The summed E-state index contributed by atoms with van der Waals surface area (Å²) in [5, 5.41) is 9.36. The molecule has 0 saturated carbocycles. The minimum Gasteiger partial charge on any atom is -0.481 e. The molecule has 2 aliphatic heterocycles. The Morgan fingerprint density at radius 1 is 1.19 bits per heavy atom. The van der Waals surface area contributed by atoms with E-state index in [4.69, 9.17) is 0 Å². The Morgan fingerprint density at radius 2 is 1.93 bits per heavy atom. The van der Waals surface area contributed by atoms with Gasteiger partial charge in [-0.1, -0.05) is 0 Å². The van der Waals surface area contributed by atoms with Gasteiger partial charge in [-0.15, -0.1) is 0 Å². The molecule has 0 spiro atoms. The van der Waals surface area contributed by atoms with Gasteiger partial charge in [0.05, 0.1) is 17.2 Å². The van der Waals surface area contributed by atoms with Gasteiger partial charge in [0, 0.05) is 31.0 Å². The molecule has 1 N–H and O–H groups in total. The molecule has 27 heavy (non-hydrogen) atoms. The third-order valence-corrected chi connectivity index (χ3v) is 5.29. The van der Waals surface area contributed by atoms with Crippen molar-refractivity contribution in [2.24, 2.45) is 5.92 Å². The zero-order valence-electron chi connectivity index (χ0n) is 14.4. The molecule has 4 rings (SSSR count). The summed E-state index contributed by atoms with van der Waals surface area (Å²) < 4.78 is 38.6. The van der Waals surface area contributed by atoms with Crippen molar-refractivity contribution in [3.63, 3.8) is 0 Å². The highest BCUT2D eigenvalue weighted by Crippen LogP contribution is 2.42. The minimum atomic E-state index is -4.38. The molecule has 8 heteroatoms. The average molecular weight is 377 g/mol. The molecule has 1 saturated heterocycles. The third kappa shape index (κ3) is 3.20. The Balaban J connectivity index is 1.69. The molecule has 2 atom stereocenters. The average Bonchev–Trinajstić information content (AvgIpc) is 2.66. The summed E-state index contributed by atoms with van der Waals surface area (Å²) in [5.41, 5.74) is 0.761. The third-order valence-electron chi connectivity index (χ3n) is 5.29. The van der Waals surface area contributed by atoms with Gasteiger partial charge in [-0.2, -0.15) is 13.2 Å². The van der Waals surface area contributed by atoms with Crippen LogP contribution in [0.5, 0.6) is 0 Å². The lowest BCUT2D eigenvalue weighted by molar-refractivity contribution is -0.142. The summed E-state index contributed by atoms with van der Waals surface area (Å²) >= 11 is 0. The number of fused-ring (bicyclic) bond motifs is 3. The molecule has 1 aromatic carbocycles. The Kier molecular flexibility index (Phi) is 4.20. The maximum Gasteiger partial charge on any atom is 0.416 e. The lowest BCUT2D eigenvalue weighted by Crippen LogP contribution is -2.53. The van der Waals surface area contributed by atoms with E-state index < -0.39 is 23.6 Å². The number of hydrogen-bond donors (Lipinski definition) is 1. The van der Waals surface area contributed by atoms with Crippen molar-refractivity contribution < 1.29 is 23.1 Å². The molecular formula is C19H18F3N3O2. The van der Waals surface area contributed by atoms with Gasteiger partial charge in [-0.05, 0) is 49.2 Å². The van der Waals surface area contributed by atoms with E-state index in [2.05, 4.69) is 9.88 Å². The first-order valence-electron chi connectivity index (χ1n) is 8.74. The largest absolute Gasteiger partial charge is 0.481 e. The van der Waals surface area contributed by atoms with Gasteiger partial charge in [-0.3, -0.25) is 4.79 Å². The van der Waals surface area contributed by atoms with Crippen LogP contribution in [0.15, 0.2) is 42.6 Å². The summed E-state index contributed by atoms with van der Waals surface area (Å²) in [4.78, 5) is 19.9. The molecule has 0 bridgehead atoms. The molecule has 5 nitrogen and oxygen atoms in total. The predicted molar refractivity (Wildman–Crippen MR) is 94.2 cm³/mol. The molecule has 0 unspecified atom stereocenters. The number of nitrogens with zero attached hydrogens (tertiary/aromatic N) is 3. The van der Waals surface area contributed by atoms with E-state index >= 15 is 0 Å². The second-order valence-electron chi connectivity index (χ2n) is 6.91. The van der Waals surface area contributed by atoms with Gasteiger partial charge >= 0.3 is 12.1 Å². The molecule has 0 amide bonds. The number of anilines is 3. The Bertz CT molecular complexity index is 854. The number of carboxylic acids is 1. The van der Waals surface area contributed by atoms with Crippen LogP contribution in [0, 0.1) is 5.92 Å². The van der Waals surface area contributed by atoms with Gasteiger partial charge in [0.15, 0.2) is 5.82 Å². The molecule has 0 radical (unpaired) electrons. The van der Waals surface area contributed by atoms with E-state index in [1.54, 1.807) is 12.3 Å². The summed E-state index contributed by atoms with van der Waals surface area (Å²) in [6.07, 6.45) is -1.66. The fraction of sp³-hybridized carbons (Fsp3) is 0.368. The van der Waals surface area contributed by atoms with Crippen LogP contribution in [0.4, 0.5) is 30.4 Å². The fourth-order valence-corrected chi connectivity index (χ4v) is 3.93. The molecular weight excluding hydrogens is 359 g/mol. The van der Waals surface area contributed by atoms with E-state index in [-0.39, 0.29) is 6.04 Å². The molecule has 142 valence electrons. The number of rotatable bonds is 2. The number of benzene rings is 1. The first kappa shape index (κ1) is 17.6. The molecule has 2 aliphatic rings. The number of alkyl halides is 3. The number of pyridine rings is 1. The van der Waals surface area contributed by atoms with Crippen LogP contribution >= 0.6 is 0 Å². The van der Waals surface area contributed by atoms with E-state index in [0.717, 1.165) is 23.6 Å². The van der Waals surface area contributed by atoms with Crippen molar-refractivity contribution in [2.45, 2.75) is 25.1 Å². The first-order chi connectivity index (χ1) is 12.8. The van der Waals surface area contributed by atoms with Gasteiger partial charge in [0.25, 0.3) is 0 Å². The quantitative estimate of drug-likeness (QED) is 0.860. The van der Waals surface area contributed by atoms with Crippen LogP contribution in [0.2, 0.25) is 0 Å². The fourth-order valence-electron chi connectivity index (χ4n) is 3.93. The number of carbonyl (C=O) groups is 1. The molecule has 2 aromatic rings. The van der Waals surface area contributed by atoms with Crippen molar-refractivity contribution in [1.29, 1.82) is 0 Å². The topological polar surface area (TPSA) is 56.7 Å². The van der Waals surface area contributed by atoms with Crippen LogP contribution in [0.1, 0.15) is 18.4 Å². The Hall–Kier alpha value is -2.77. The van der Waals surface area contributed by atoms with Crippen molar-refractivity contribution in [1.82, 2.24) is 4.98 Å². The number of aromatic nitrogens is 1. The van der Waals surface area contributed by atoms with Gasteiger partial charge < -0.3 is 14.9 Å².